The van der Waals surface area contributed by atoms with Crippen LogP contribution >= 0.6 is 27.5 Å². The molecule has 0 saturated carbocycles. The zero-order valence-corrected chi connectivity index (χ0v) is 13.8. The van der Waals surface area contributed by atoms with Gasteiger partial charge in [-0.2, -0.15) is 0 Å². The van der Waals surface area contributed by atoms with E-state index in [2.05, 4.69) is 50.5 Å². The Morgan fingerprint density at radius 1 is 1.14 bits per heavy atom. The van der Waals surface area contributed by atoms with Gasteiger partial charge in [0, 0.05) is 21.1 Å². The van der Waals surface area contributed by atoms with Crippen LogP contribution in [-0.2, 0) is 0 Å². The molecule has 3 rings (SSSR count). The van der Waals surface area contributed by atoms with Crippen LogP contribution in [0.25, 0.3) is 10.9 Å². The van der Waals surface area contributed by atoms with E-state index in [9.17, 15) is 0 Å². The summed E-state index contributed by atoms with van der Waals surface area (Å²) in [5.41, 5.74) is 3.26. The second-order valence-corrected chi connectivity index (χ2v) is 6.13. The highest BCUT2D eigenvalue weighted by molar-refractivity contribution is 9.10. The fraction of sp³-hybridized carbons (Fsp3) is 0.118. The van der Waals surface area contributed by atoms with Crippen LogP contribution in [0.15, 0.2) is 59.2 Å². The van der Waals surface area contributed by atoms with Gasteiger partial charge in [0.1, 0.15) is 0 Å². The van der Waals surface area contributed by atoms with Crippen molar-refractivity contribution in [2.24, 2.45) is 0 Å². The van der Waals surface area contributed by atoms with Gasteiger partial charge in [0.15, 0.2) is 0 Å². The molecule has 1 unspecified atom stereocenters. The first-order chi connectivity index (χ1) is 10.2. The lowest BCUT2D eigenvalue weighted by Gasteiger charge is -2.19. The fourth-order valence-electron chi connectivity index (χ4n) is 2.50. The number of hydrogen-bond acceptors (Lipinski definition) is 2. The third-order valence-corrected chi connectivity index (χ3v) is 4.48. The van der Waals surface area contributed by atoms with Gasteiger partial charge in [-0.3, -0.25) is 4.98 Å². The van der Waals surface area contributed by atoms with Gasteiger partial charge >= 0.3 is 0 Å². The third kappa shape index (κ3) is 2.95. The van der Waals surface area contributed by atoms with E-state index < -0.39 is 0 Å². The maximum absolute atomic E-state index is 6.14. The lowest BCUT2D eigenvalue weighted by molar-refractivity contribution is 0.690. The van der Waals surface area contributed by atoms with Crippen LogP contribution in [0.3, 0.4) is 0 Å². The maximum Gasteiger partial charge on any atom is 0.0705 e. The molecule has 3 aromatic rings. The van der Waals surface area contributed by atoms with E-state index in [4.69, 9.17) is 11.6 Å². The summed E-state index contributed by atoms with van der Waals surface area (Å²) in [6.45, 7) is 0. The van der Waals surface area contributed by atoms with Crippen molar-refractivity contribution in [2.75, 3.05) is 7.05 Å². The first kappa shape index (κ1) is 14.5. The normalized spacial score (nSPS) is 12.5. The van der Waals surface area contributed by atoms with Crippen molar-refractivity contribution >= 4 is 38.4 Å². The van der Waals surface area contributed by atoms with Crippen LogP contribution in [0.4, 0.5) is 0 Å². The molecule has 0 spiro atoms. The zero-order valence-electron chi connectivity index (χ0n) is 11.5. The SMILES string of the molecule is CNC(c1ccc2cccnc2c1)c1cc(Cl)ccc1Br. The molecule has 0 radical (unpaired) electrons. The summed E-state index contributed by atoms with van der Waals surface area (Å²) in [7, 11) is 1.95. The number of rotatable bonds is 3. The van der Waals surface area contributed by atoms with Crippen LogP contribution in [-0.4, -0.2) is 12.0 Å². The molecular formula is C17H14BrClN2. The smallest absolute Gasteiger partial charge is 0.0705 e. The Labute approximate surface area is 137 Å². The lowest BCUT2D eigenvalue weighted by Crippen LogP contribution is -2.18. The molecule has 1 heterocycles. The first-order valence-electron chi connectivity index (χ1n) is 6.66. The molecule has 0 aliphatic rings. The molecule has 0 bridgehead atoms. The second-order valence-electron chi connectivity index (χ2n) is 4.84. The highest BCUT2D eigenvalue weighted by Gasteiger charge is 2.16. The summed E-state index contributed by atoms with van der Waals surface area (Å²) in [5, 5.41) is 5.22. The number of fused-ring (bicyclic) bond motifs is 1. The van der Waals surface area contributed by atoms with Gasteiger partial charge in [-0.15, -0.1) is 0 Å². The van der Waals surface area contributed by atoms with Crippen LogP contribution in [0.2, 0.25) is 5.02 Å². The Morgan fingerprint density at radius 2 is 2.00 bits per heavy atom. The standard InChI is InChI=1S/C17H14BrClN2/c1-20-17(14-10-13(19)6-7-15(14)18)12-5-4-11-3-2-8-21-16(11)9-12/h2-10,17,20H,1H3. The van der Waals surface area contributed by atoms with E-state index in [-0.39, 0.29) is 6.04 Å². The van der Waals surface area contributed by atoms with Gasteiger partial charge in [-0.25, -0.2) is 0 Å². The van der Waals surface area contributed by atoms with Crippen molar-refractivity contribution < 1.29 is 0 Å². The summed E-state index contributed by atoms with van der Waals surface area (Å²) in [6, 6.07) is 16.2. The zero-order chi connectivity index (χ0) is 14.8. The number of benzene rings is 2. The molecule has 1 atom stereocenters. The van der Waals surface area contributed by atoms with E-state index in [1.807, 2.05) is 37.5 Å². The fourth-order valence-corrected chi connectivity index (χ4v) is 3.16. The molecule has 1 N–H and O–H groups in total. The summed E-state index contributed by atoms with van der Waals surface area (Å²) < 4.78 is 1.03. The van der Waals surface area contributed by atoms with Gasteiger partial charge in [0.2, 0.25) is 0 Å². The Morgan fingerprint density at radius 3 is 2.81 bits per heavy atom. The van der Waals surface area contributed by atoms with E-state index >= 15 is 0 Å². The molecule has 2 nitrogen and oxygen atoms in total. The third-order valence-electron chi connectivity index (χ3n) is 3.52. The molecule has 21 heavy (non-hydrogen) atoms. The van der Waals surface area contributed by atoms with Crippen molar-refractivity contribution in [3.8, 4) is 0 Å². The van der Waals surface area contributed by atoms with Gasteiger partial charge in [0.05, 0.1) is 11.6 Å². The molecule has 0 saturated heterocycles. The van der Waals surface area contributed by atoms with E-state index in [0.717, 1.165) is 31.5 Å². The quantitative estimate of drug-likeness (QED) is 0.713. The van der Waals surface area contributed by atoms with Crippen molar-refractivity contribution in [1.29, 1.82) is 0 Å². The average molecular weight is 362 g/mol. The average Bonchev–Trinajstić information content (AvgIpc) is 2.51. The molecule has 1 aromatic heterocycles. The van der Waals surface area contributed by atoms with Crippen molar-refractivity contribution in [3.05, 3.63) is 75.4 Å². The van der Waals surface area contributed by atoms with Gasteiger partial charge < -0.3 is 5.32 Å². The summed E-state index contributed by atoms with van der Waals surface area (Å²) in [6.07, 6.45) is 1.82. The van der Waals surface area contributed by atoms with Crippen LogP contribution in [0.5, 0.6) is 0 Å². The van der Waals surface area contributed by atoms with Crippen LogP contribution < -0.4 is 5.32 Å². The number of nitrogens with zero attached hydrogens (tertiary/aromatic N) is 1. The maximum atomic E-state index is 6.14. The molecular weight excluding hydrogens is 348 g/mol. The minimum absolute atomic E-state index is 0.0597. The number of halogens is 2. The predicted molar refractivity (Wildman–Crippen MR) is 91.8 cm³/mol. The molecule has 2 aromatic carbocycles. The lowest BCUT2D eigenvalue weighted by atomic mass is 9.97. The number of aromatic nitrogens is 1. The van der Waals surface area contributed by atoms with E-state index in [1.54, 1.807) is 0 Å². The van der Waals surface area contributed by atoms with Gasteiger partial charge in [-0.1, -0.05) is 45.7 Å². The van der Waals surface area contributed by atoms with Crippen LogP contribution in [0.1, 0.15) is 17.2 Å². The molecule has 0 aliphatic carbocycles. The Bertz CT molecular complexity index is 789. The molecule has 106 valence electrons. The molecule has 0 amide bonds. The molecule has 0 fully saturated rings. The van der Waals surface area contributed by atoms with Gasteiger partial charge in [-0.05, 0) is 48.5 Å². The highest BCUT2D eigenvalue weighted by atomic mass is 79.9. The monoisotopic (exact) mass is 360 g/mol. The summed E-state index contributed by atoms with van der Waals surface area (Å²) in [4.78, 5) is 4.43. The number of hydrogen-bond donors (Lipinski definition) is 1. The Hall–Kier alpha value is -1.42. The van der Waals surface area contributed by atoms with Gasteiger partial charge in [0.25, 0.3) is 0 Å². The topological polar surface area (TPSA) is 24.9 Å². The van der Waals surface area contributed by atoms with E-state index in [1.165, 1.54) is 0 Å². The van der Waals surface area contributed by atoms with Crippen LogP contribution in [0, 0.1) is 0 Å². The molecule has 0 aliphatic heterocycles. The summed E-state index contributed by atoms with van der Waals surface area (Å²) >= 11 is 9.74. The minimum atomic E-state index is 0.0597. The Balaban J connectivity index is 2.11. The second kappa shape index (κ2) is 6.14. The van der Waals surface area contributed by atoms with Crippen molar-refractivity contribution in [2.45, 2.75) is 6.04 Å². The molecule has 4 heteroatoms. The van der Waals surface area contributed by atoms with E-state index in [0.29, 0.717) is 0 Å². The predicted octanol–water partition coefficient (Wildman–Crippen LogP) is 4.96. The first-order valence-corrected chi connectivity index (χ1v) is 7.83. The minimum Gasteiger partial charge on any atom is -0.309 e. The van der Waals surface area contributed by atoms with Crippen molar-refractivity contribution in [1.82, 2.24) is 10.3 Å². The highest BCUT2D eigenvalue weighted by Crippen LogP contribution is 2.31. The Kier molecular flexibility index (Phi) is 4.24. The van der Waals surface area contributed by atoms with Crippen molar-refractivity contribution in [3.63, 3.8) is 0 Å². The summed E-state index contributed by atoms with van der Waals surface area (Å²) in [5.74, 6) is 0. The number of pyridine rings is 1. The number of nitrogens with one attached hydrogen (secondary N) is 1. The largest absolute Gasteiger partial charge is 0.309 e.